The van der Waals surface area contributed by atoms with Crippen LogP contribution in [-0.2, 0) is 14.3 Å². The maximum atomic E-state index is 13.3. The highest BCUT2D eigenvalue weighted by molar-refractivity contribution is 5.85. The molecule has 2 atom stereocenters. The van der Waals surface area contributed by atoms with E-state index in [1.54, 1.807) is 6.07 Å². The highest BCUT2D eigenvalue weighted by Gasteiger charge is 2.26. The molecule has 0 aliphatic heterocycles. The highest BCUT2D eigenvalue weighted by atomic mass is 19.1. The first-order valence-corrected chi connectivity index (χ1v) is 6.74. The van der Waals surface area contributed by atoms with Gasteiger partial charge in [-0.25, -0.2) is 9.18 Å². The number of carbonyl (C=O) groups is 2. The molecule has 21 heavy (non-hydrogen) atoms. The van der Waals surface area contributed by atoms with Gasteiger partial charge in [0.2, 0.25) is 0 Å². The molecule has 5 nitrogen and oxygen atoms in total. The van der Waals surface area contributed by atoms with Crippen LogP contribution in [0.5, 0.6) is 5.75 Å². The summed E-state index contributed by atoms with van der Waals surface area (Å²) in [6.07, 6.45) is 0.703. The number of hydrogen-bond donors (Lipinski definition) is 1. The Hall–Kier alpha value is -2.11. The van der Waals surface area contributed by atoms with Gasteiger partial charge in [-0.05, 0) is 18.1 Å². The molecule has 0 saturated heterocycles. The van der Waals surface area contributed by atoms with Crippen LogP contribution in [0.25, 0.3) is 0 Å². The van der Waals surface area contributed by atoms with Gasteiger partial charge in [0.15, 0.2) is 18.2 Å². The zero-order valence-electron chi connectivity index (χ0n) is 12.4. The van der Waals surface area contributed by atoms with Crippen molar-refractivity contribution in [1.82, 2.24) is 5.32 Å². The Morgan fingerprint density at radius 1 is 1.33 bits per heavy atom. The van der Waals surface area contributed by atoms with Gasteiger partial charge in [0.1, 0.15) is 6.04 Å². The van der Waals surface area contributed by atoms with Crippen LogP contribution in [0.1, 0.15) is 20.3 Å². The molecule has 0 heterocycles. The summed E-state index contributed by atoms with van der Waals surface area (Å²) in [4.78, 5) is 23.5. The van der Waals surface area contributed by atoms with Crippen molar-refractivity contribution >= 4 is 11.9 Å². The van der Waals surface area contributed by atoms with Gasteiger partial charge in [-0.15, -0.1) is 0 Å². The van der Waals surface area contributed by atoms with Crippen molar-refractivity contribution in [3.05, 3.63) is 30.1 Å². The molecule has 0 aliphatic rings. The molecular weight excluding hydrogens is 277 g/mol. The number of hydrogen-bond acceptors (Lipinski definition) is 4. The number of ether oxygens (including phenoxy) is 2. The van der Waals surface area contributed by atoms with Crippen LogP contribution >= 0.6 is 0 Å². The van der Waals surface area contributed by atoms with Crippen LogP contribution in [0, 0.1) is 11.7 Å². The summed E-state index contributed by atoms with van der Waals surface area (Å²) < 4.78 is 23.1. The molecular formula is C15H20FNO4. The third kappa shape index (κ3) is 5.06. The van der Waals surface area contributed by atoms with Crippen LogP contribution in [0.2, 0.25) is 0 Å². The molecule has 0 bridgehead atoms. The SMILES string of the molecule is CC[C@@H](C)[C@@H](NC(=O)COc1ccccc1F)C(=O)OC. The average Bonchev–Trinajstić information content (AvgIpc) is 2.50. The summed E-state index contributed by atoms with van der Waals surface area (Å²) in [5.41, 5.74) is 0. The van der Waals surface area contributed by atoms with E-state index in [4.69, 9.17) is 4.74 Å². The summed E-state index contributed by atoms with van der Waals surface area (Å²) in [7, 11) is 1.26. The zero-order chi connectivity index (χ0) is 15.8. The Balaban J connectivity index is 2.58. The summed E-state index contributed by atoms with van der Waals surface area (Å²) >= 11 is 0. The molecule has 1 amide bonds. The number of rotatable bonds is 7. The number of para-hydroxylation sites is 1. The number of carbonyl (C=O) groups excluding carboxylic acids is 2. The monoisotopic (exact) mass is 297 g/mol. The highest BCUT2D eigenvalue weighted by Crippen LogP contribution is 2.15. The van der Waals surface area contributed by atoms with E-state index in [2.05, 4.69) is 10.1 Å². The summed E-state index contributed by atoms with van der Waals surface area (Å²) in [5, 5.41) is 2.55. The molecule has 0 radical (unpaired) electrons. The standard InChI is InChI=1S/C15H20FNO4/c1-4-10(2)14(15(19)20-3)17-13(18)9-21-12-8-6-5-7-11(12)16/h5-8,10,14H,4,9H2,1-3H3,(H,17,18)/t10-,14-/m1/s1. The number of nitrogens with one attached hydrogen (secondary N) is 1. The molecule has 0 unspecified atom stereocenters. The lowest BCUT2D eigenvalue weighted by molar-refractivity contribution is -0.146. The minimum Gasteiger partial charge on any atom is -0.481 e. The maximum Gasteiger partial charge on any atom is 0.328 e. The van der Waals surface area contributed by atoms with Crippen LogP contribution in [0.15, 0.2) is 24.3 Å². The smallest absolute Gasteiger partial charge is 0.328 e. The first-order valence-electron chi connectivity index (χ1n) is 6.74. The van der Waals surface area contributed by atoms with Gasteiger partial charge in [0, 0.05) is 0 Å². The van der Waals surface area contributed by atoms with E-state index < -0.39 is 23.7 Å². The normalized spacial score (nSPS) is 13.1. The van der Waals surface area contributed by atoms with Crippen LogP contribution in [-0.4, -0.2) is 31.6 Å². The van der Waals surface area contributed by atoms with Crippen molar-refractivity contribution in [3.8, 4) is 5.75 Å². The Kier molecular flexibility index (Phi) is 6.65. The van der Waals surface area contributed by atoms with Crippen molar-refractivity contribution in [3.63, 3.8) is 0 Å². The van der Waals surface area contributed by atoms with Crippen LogP contribution in [0.3, 0.4) is 0 Å². The summed E-state index contributed by atoms with van der Waals surface area (Å²) in [6, 6.07) is 5.06. The fourth-order valence-corrected chi connectivity index (χ4v) is 1.72. The third-order valence-corrected chi connectivity index (χ3v) is 3.18. The van der Waals surface area contributed by atoms with Gasteiger partial charge in [-0.3, -0.25) is 4.79 Å². The molecule has 0 fully saturated rings. The molecule has 6 heteroatoms. The van der Waals surface area contributed by atoms with E-state index in [0.717, 1.165) is 0 Å². The Bertz CT molecular complexity index is 492. The van der Waals surface area contributed by atoms with E-state index in [0.29, 0.717) is 6.42 Å². The number of methoxy groups -OCH3 is 1. The number of benzene rings is 1. The van der Waals surface area contributed by atoms with Crippen molar-refractivity contribution in [2.45, 2.75) is 26.3 Å². The van der Waals surface area contributed by atoms with E-state index in [1.807, 2.05) is 13.8 Å². The third-order valence-electron chi connectivity index (χ3n) is 3.18. The quantitative estimate of drug-likeness (QED) is 0.781. The van der Waals surface area contributed by atoms with Gasteiger partial charge >= 0.3 is 5.97 Å². The minimum absolute atomic E-state index is 0.00851. The van der Waals surface area contributed by atoms with Crippen LogP contribution in [0.4, 0.5) is 4.39 Å². The van der Waals surface area contributed by atoms with Crippen molar-refractivity contribution < 1.29 is 23.5 Å². The molecule has 1 aromatic rings. The minimum atomic E-state index is -0.739. The number of esters is 1. The van der Waals surface area contributed by atoms with E-state index in [9.17, 15) is 14.0 Å². The predicted octanol–water partition coefficient (Wildman–Crippen LogP) is 1.91. The first-order chi connectivity index (χ1) is 9.99. The van der Waals surface area contributed by atoms with Gasteiger partial charge in [-0.2, -0.15) is 0 Å². The fraction of sp³-hybridized carbons (Fsp3) is 0.467. The Morgan fingerprint density at radius 3 is 2.57 bits per heavy atom. The number of amides is 1. The van der Waals surface area contributed by atoms with Gasteiger partial charge < -0.3 is 14.8 Å². The van der Waals surface area contributed by atoms with E-state index in [1.165, 1.54) is 25.3 Å². The van der Waals surface area contributed by atoms with Crippen LogP contribution < -0.4 is 10.1 Å². The number of halogens is 1. The first kappa shape index (κ1) is 16.9. The lowest BCUT2D eigenvalue weighted by Gasteiger charge is -2.21. The van der Waals surface area contributed by atoms with E-state index in [-0.39, 0.29) is 18.3 Å². The fourth-order valence-electron chi connectivity index (χ4n) is 1.72. The lowest BCUT2D eigenvalue weighted by Crippen LogP contribution is -2.47. The van der Waals surface area contributed by atoms with Gasteiger partial charge in [0.25, 0.3) is 5.91 Å². The Labute approximate surface area is 123 Å². The second-order valence-corrected chi connectivity index (χ2v) is 4.67. The second kappa shape index (κ2) is 8.24. The van der Waals surface area contributed by atoms with Gasteiger partial charge in [-0.1, -0.05) is 32.4 Å². The maximum absolute atomic E-state index is 13.3. The zero-order valence-corrected chi connectivity index (χ0v) is 12.4. The largest absolute Gasteiger partial charge is 0.481 e. The molecule has 0 saturated carbocycles. The van der Waals surface area contributed by atoms with Crippen molar-refractivity contribution in [1.29, 1.82) is 0 Å². The molecule has 0 aliphatic carbocycles. The predicted molar refractivity (Wildman–Crippen MR) is 75.3 cm³/mol. The summed E-state index contributed by atoms with van der Waals surface area (Å²) in [5.74, 6) is -1.64. The van der Waals surface area contributed by atoms with Gasteiger partial charge in [0.05, 0.1) is 7.11 Å². The molecule has 116 valence electrons. The Morgan fingerprint density at radius 2 is 2.00 bits per heavy atom. The molecule has 0 spiro atoms. The second-order valence-electron chi connectivity index (χ2n) is 4.67. The molecule has 1 aromatic carbocycles. The average molecular weight is 297 g/mol. The molecule has 1 N–H and O–H groups in total. The molecule has 0 aromatic heterocycles. The van der Waals surface area contributed by atoms with Crippen molar-refractivity contribution in [2.24, 2.45) is 5.92 Å². The molecule has 1 rings (SSSR count). The topological polar surface area (TPSA) is 64.6 Å². The van der Waals surface area contributed by atoms with Crippen molar-refractivity contribution in [2.75, 3.05) is 13.7 Å². The summed E-state index contributed by atoms with van der Waals surface area (Å²) in [6.45, 7) is 3.37. The van der Waals surface area contributed by atoms with E-state index >= 15 is 0 Å². The lowest BCUT2D eigenvalue weighted by atomic mass is 9.99.